The maximum Gasteiger partial charge on any atom is 0.166 e. The zero-order valence-electron chi connectivity index (χ0n) is 17.4. The van der Waals surface area contributed by atoms with E-state index in [0.29, 0.717) is 12.2 Å². The van der Waals surface area contributed by atoms with Crippen LogP contribution in [0.3, 0.4) is 0 Å². The summed E-state index contributed by atoms with van der Waals surface area (Å²) in [5, 5.41) is 23.1. The van der Waals surface area contributed by atoms with Gasteiger partial charge in [0.1, 0.15) is 0 Å². The molecule has 4 aliphatic rings. The molecule has 31 heavy (non-hydrogen) atoms. The Morgan fingerprint density at radius 1 is 1.10 bits per heavy atom. The topological polar surface area (TPSA) is 65.8 Å². The van der Waals surface area contributed by atoms with Crippen molar-refractivity contribution in [1.29, 1.82) is 0 Å². The Balaban J connectivity index is 1.49. The number of hydrogen-bond donors (Lipinski definition) is 2. The highest BCUT2D eigenvalue weighted by atomic mass is 16.5. The number of ether oxygens (including phenoxy) is 1. The molecule has 5 nitrogen and oxygen atoms in total. The van der Waals surface area contributed by atoms with Crippen molar-refractivity contribution >= 4 is 0 Å². The van der Waals surface area contributed by atoms with E-state index >= 15 is 0 Å². The zero-order valence-corrected chi connectivity index (χ0v) is 17.4. The van der Waals surface area contributed by atoms with Gasteiger partial charge >= 0.3 is 0 Å². The molecule has 2 aliphatic heterocycles. The normalized spacial score (nSPS) is 32.2. The lowest BCUT2D eigenvalue weighted by atomic mass is 9.49. The van der Waals surface area contributed by atoms with E-state index in [4.69, 9.17) is 9.72 Å². The van der Waals surface area contributed by atoms with E-state index < -0.39 is 11.0 Å². The van der Waals surface area contributed by atoms with Crippen LogP contribution in [0.15, 0.2) is 54.7 Å². The molecule has 0 amide bonds. The minimum absolute atomic E-state index is 0.00359. The van der Waals surface area contributed by atoms with E-state index in [1.165, 1.54) is 5.56 Å². The van der Waals surface area contributed by atoms with Gasteiger partial charge in [0.05, 0.1) is 16.7 Å². The summed E-state index contributed by atoms with van der Waals surface area (Å²) in [6, 6.07) is 16.1. The lowest BCUT2D eigenvalue weighted by molar-refractivity contribution is -0.168. The van der Waals surface area contributed by atoms with Gasteiger partial charge in [0.2, 0.25) is 0 Å². The van der Waals surface area contributed by atoms with Crippen LogP contribution in [-0.2, 0) is 18.3 Å². The Kier molecular flexibility index (Phi) is 3.25. The largest absolute Gasteiger partial charge is 0.504 e. The molecule has 2 bridgehead atoms. The quantitative estimate of drug-likeness (QED) is 0.642. The Labute approximate surface area is 180 Å². The van der Waals surface area contributed by atoms with Gasteiger partial charge in [0, 0.05) is 29.8 Å². The fraction of sp³-hybridized carbons (Fsp3) is 0.346. The van der Waals surface area contributed by atoms with Crippen molar-refractivity contribution in [3.05, 3.63) is 77.1 Å². The number of aromatic nitrogens is 1. The number of phenolic OH excluding ortho intramolecular Hbond substituents is 1. The van der Waals surface area contributed by atoms with Crippen LogP contribution in [0.1, 0.15) is 34.9 Å². The first-order chi connectivity index (χ1) is 15.0. The molecule has 2 aromatic carbocycles. The molecule has 0 saturated carbocycles. The first kappa shape index (κ1) is 17.8. The van der Waals surface area contributed by atoms with E-state index in [-0.39, 0.29) is 17.9 Å². The minimum Gasteiger partial charge on any atom is -0.504 e. The SMILES string of the molecule is CN1CCC23c4c5ccc(O)c4O[C@H]2c2ncc(-c4ccccc4)cc2C[C@@]3(O)C1C5. The van der Waals surface area contributed by atoms with Crippen LogP contribution in [0, 0.1) is 0 Å². The van der Waals surface area contributed by atoms with Gasteiger partial charge in [-0.3, -0.25) is 4.98 Å². The van der Waals surface area contributed by atoms with Crippen LogP contribution in [-0.4, -0.2) is 45.3 Å². The molecule has 3 heterocycles. The van der Waals surface area contributed by atoms with Crippen molar-refractivity contribution in [3.63, 3.8) is 0 Å². The second-order valence-corrected chi connectivity index (χ2v) is 9.60. The first-order valence-electron chi connectivity index (χ1n) is 11.0. The van der Waals surface area contributed by atoms with E-state index in [0.717, 1.165) is 47.3 Å². The Morgan fingerprint density at radius 2 is 1.94 bits per heavy atom. The molecule has 5 heteroatoms. The van der Waals surface area contributed by atoms with Crippen molar-refractivity contribution in [3.8, 4) is 22.6 Å². The molecule has 1 aromatic heterocycles. The average Bonchev–Trinajstić information content (AvgIpc) is 3.14. The number of benzene rings is 2. The summed E-state index contributed by atoms with van der Waals surface area (Å²) in [6.07, 6.45) is 3.61. The molecular weight excluding hydrogens is 388 g/mol. The van der Waals surface area contributed by atoms with E-state index in [1.807, 2.05) is 30.5 Å². The molecule has 2 aliphatic carbocycles. The van der Waals surface area contributed by atoms with Crippen molar-refractivity contribution in [2.24, 2.45) is 0 Å². The van der Waals surface area contributed by atoms with Crippen LogP contribution in [0.2, 0.25) is 0 Å². The highest BCUT2D eigenvalue weighted by Crippen LogP contribution is 2.68. The monoisotopic (exact) mass is 412 g/mol. The fourth-order valence-corrected chi connectivity index (χ4v) is 6.90. The Bertz CT molecular complexity index is 1240. The third-order valence-electron chi connectivity index (χ3n) is 8.30. The summed E-state index contributed by atoms with van der Waals surface area (Å²) in [5.41, 5.74) is 4.76. The first-order valence-corrected chi connectivity index (χ1v) is 11.0. The number of nitrogens with zero attached hydrogens (tertiary/aromatic N) is 2. The summed E-state index contributed by atoms with van der Waals surface area (Å²) in [4.78, 5) is 7.20. The Morgan fingerprint density at radius 3 is 2.77 bits per heavy atom. The molecule has 3 aromatic rings. The van der Waals surface area contributed by atoms with Crippen molar-refractivity contribution in [2.45, 2.75) is 42.4 Å². The number of pyridine rings is 1. The van der Waals surface area contributed by atoms with Crippen LogP contribution in [0.4, 0.5) is 0 Å². The van der Waals surface area contributed by atoms with E-state index in [2.05, 4.69) is 30.1 Å². The molecule has 0 radical (unpaired) electrons. The average molecular weight is 412 g/mol. The van der Waals surface area contributed by atoms with E-state index in [9.17, 15) is 10.2 Å². The third-order valence-corrected chi connectivity index (χ3v) is 8.30. The van der Waals surface area contributed by atoms with Crippen LogP contribution in [0.25, 0.3) is 11.1 Å². The van der Waals surface area contributed by atoms with Crippen LogP contribution < -0.4 is 4.74 Å². The second-order valence-electron chi connectivity index (χ2n) is 9.60. The number of hydrogen-bond acceptors (Lipinski definition) is 5. The number of fused-ring (bicyclic) bond motifs is 2. The smallest absolute Gasteiger partial charge is 0.166 e. The lowest BCUT2D eigenvalue weighted by Crippen LogP contribution is -2.74. The standard InChI is InChI=1S/C26H24N2O3/c1-28-10-9-25-21-16-7-8-19(29)23(21)31-24(25)22-17(13-26(25,30)20(28)12-16)11-18(14-27-22)15-5-3-2-4-6-15/h2-8,11,14,20,24,29-30H,9-10,12-13H2,1H3/t20?,24-,25?,26+/m0/s1. The molecule has 2 unspecified atom stereocenters. The number of likely N-dealkylation sites (tertiary alicyclic amines) is 1. The lowest BCUT2D eigenvalue weighted by Gasteiger charge is -2.62. The predicted molar refractivity (Wildman–Crippen MR) is 116 cm³/mol. The maximum absolute atomic E-state index is 12.5. The Hall–Kier alpha value is -2.89. The molecule has 1 fully saturated rings. The van der Waals surface area contributed by atoms with Crippen molar-refractivity contribution in [1.82, 2.24) is 9.88 Å². The number of rotatable bonds is 1. The molecule has 4 atom stereocenters. The van der Waals surface area contributed by atoms with Crippen molar-refractivity contribution in [2.75, 3.05) is 13.6 Å². The summed E-state index contributed by atoms with van der Waals surface area (Å²) >= 11 is 0. The van der Waals surface area contributed by atoms with Gasteiger partial charge in [0.25, 0.3) is 0 Å². The molecular formula is C26H24N2O3. The maximum atomic E-state index is 12.5. The van der Waals surface area contributed by atoms with E-state index in [1.54, 1.807) is 6.07 Å². The zero-order chi connectivity index (χ0) is 21.0. The number of aromatic hydroxyl groups is 1. The second kappa shape index (κ2) is 5.67. The number of piperidine rings is 1. The molecule has 7 rings (SSSR count). The summed E-state index contributed by atoms with van der Waals surface area (Å²) in [5.74, 6) is 0.704. The third kappa shape index (κ3) is 1.97. The molecule has 1 saturated heterocycles. The van der Waals surface area contributed by atoms with Gasteiger partial charge in [-0.15, -0.1) is 0 Å². The summed E-state index contributed by atoms with van der Waals surface area (Å²) in [6.45, 7) is 0.888. The van der Waals surface area contributed by atoms with Gasteiger partial charge in [0.15, 0.2) is 17.6 Å². The number of phenols is 1. The van der Waals surface area contributed by atoms with Crippen LogP contribution >= 0.6 is 0 Å². The molecule has 1 spiro atoms. The highest BCUT2D eigenvalue weighted by Gasteiger charge is 2.72. The van der Waals surface area contributed by atoms with Gasteiger partial charge < -0.3 is 19.8 Å². The summed E-state index contributed by atoms with van der Waals surface area (Å²) < 4.78 is 6.49. The fourth-order valence-electron chi connectivity index (χ4n) is 6.90. The van der Waals surface area contributed by atoms with Gasteiger partial charge in [-0.1, -0.05) is 36.4 Å². The van der Waals surface area contributed by atoms with Gasteiger partial charge in [-0.2, -0.15) is 0 Å². The summed E-state index contributed by atoms with van der Waals surface area (Å²) in [7, 11) is 2.11. The van der Waals surface area contributed by atoms with Crippen LogP contribution in [0.5, 0.6) is 11.5 Å². The van der Waals surface area contributed by atoms with Gasteiger partial charge in [-0.25, -0.2) is 0 Å². The number of aliphatic hydroxyl groups is 1. The highest BCUT2D eigenvalue weighted by molar-refractivity contribution is 5.67. The minimum atomic E-state index is -0.972. The van der Waals surface area contributed by atoms with Gasteiger partial charge in [-0.05, 0) is 55.3 Å². The molecule has 2 N–H and O–H groups in total. The predicted octanol–water partition coefficient (Wildman–Crippen LogP) is 3.37. The van der Waals surface area contributed by atoms with Crippen molar-refractivity contribution < 1.29 is 14.9 Å². The molecule has 156 valence electrons. The number of likely N-dealkylation sites (N-methyl/N-ethyl adjacent to an activating group) is 1.